The van der Waals surface area contributed by atoms with E-state index in [0.29, 0.717) is 47.4 Å². The van der Waals surface area contributed by atoms with E-state index in [9.17, 15) is 9.59 Å². The lowest BCUT2D eigenvalue weighted by Gasteiger charge is -2.16. The fourth-order valence-electron chi connectivity index (χ4n) is 3.47. The van der Waals surface area contributed by atoms with Crippen molar-refractivity contribution in [1.82, 2.24) is 14.5 Å². The summed E-state index contributed by atoms with van der Waals surface area (Å²) in [5, 5.41) is 3.79. The molecule has 1 fully saturated rings. The molecule has 3 heterocycles. The van der Waals surface area contributed by atoms with Crippen LogP contribution in [0.4, 0.5) is 5.69 Å². The zero-order chi connectivity index (χ0) is 21.6. The van der Waals surface area contributed by atoms with Gasteiger partial charge in [-0.15, -0.1) is 0 Å². The van der Waals surface area contributed by atoms with E-state index in [1.807, 2.05) is 25.1 Å². The number of hydrogen-bond acceptors (Lipinski definition) is 7. The second-order valence-electron chi connectivity index (χ2n) is 7.09. The molecule has 1 amide bonds. The van der Waals surface area contributed by atoms with Gasteiger partial charge in [0.05, 0.1) is 36.1 Å². The first-order valence-corrected chi connectivity index (χ1v) is 11.3. The van der Waals surface area contributed by atoms with E-state index in [0.717, 1.165) is 12.8 Å². The molecule has 162 valence electrons. The van der Waals surface area contributed by atoms with Gasteiger partial charge in [0.25, 0.3) is 5.56 Å². The van der Waals surface area contributed by atoms with Crippen LogP contribution in [0.5, 0.6) is 5.75 Å². The minimum atomic E-state index is -0.212. The van der Waals surface area contributed by atoms with Gasteiger partial charge in [-0.05, 0) is 44.0 Å². The number of para-hydroxylation sites is 2. The fraction of sp³-hybridized carbons (Fsp3) is 0.364. The van der Waals surface area contributed by atoms with Crippen LogP contribution in [0.2, 0.25) is 0 Å². The first kappa shape index (κ1) is 21.3. The summed E-state index contributed by atoms with van der Waals surface area (Å²) < 4.78 is 12.9. The lowest BCUT2D eigenvalue weighted by atomic mass is 10.2. The summed E-state index contributed by atoms with van der Waals surface area (Å²) in [6, 6.07) is 10.7. The predicted octanol–water partition coefficient (Wildman–Crippen LogP) is 3.10. The number of anilines is 1. The van der Waals surface area contributed by atoms with Crippen molar-refractivity contribution >= 4 is 34.4 Å². The third-order valence-corrected chi connectivity index (χ3v) is 5.87. The minimum Gasteiger partial charge on any atom is -0.492 e. The number of nitrogens with one attached hydrogen (secondary N) is 1. The van der Waals surface area contributed by atoms with Crippen LogP contribution in [0.3, 0.4) is 0 Å². The molecule has 0 saturated carbocycles. The average molecular weight is 441 g/mol. The van der Waals surface area contributed by atoms with Gasteiger partial charge >= 0.3 is 0 Å². The van der Waals surface area contributed by atoms with Gasteiger partial charge in [0.2, 0.25) is 5.91 Å². The van der Waals surface area contributed by atoms with Gasteiger partial charge in [-0.25, -0.2) is 9.97 Å². The number of thioether (sulfide) groups is 1. The number of rotatable bonds is 8. The summed E-state index contributed by atoms with van der Waals surface area (Å²) in [7, 11) is 0. The van der Waals surface area contributed by atoms with E-state index in [4.69, 9.17) is 9.47 Å². The Morgan fingerprint density at radius 3 is 3.00 bits per heavy atom. The van der Waals surface area contributed by atoms with Crippen LogP contribution in [0.25, 0.3) is 11.0 Å². The maximum Gasteiger partial charge on any atom is 0.263 e. The van der Waals surface area contributed by atoms with Crippen molar-refractivity contribution in [1.29, 1.82) is 0 Å². The predicted molar refractivity (Wildman–Crippen MR) is 120 cm³/mol. The number of amides is 1. The Hall–Kier alpha value is -2.91. The maximum absolute atomic E-state index is 13.1. The second-order valence-corrected chi connectivity index (χ2v) is 8.03. The highest BCUT2D eigenvalue weighted by atomic mass is 32.2. The molecule has 2 aromatic heterocycles. The molecule has 9 heteroatoms. The summed E-state index contributed by atoms with van der Waals surface area (Å²) in [5.41, 5.74) is 0.818. The third-order valence-electron chi connectivity index (χ3n) is 4.90. The molecule has 1 atom stereocenters. The van der Waals surface area contributed by atoms with Gasteiger partial charge in [0.1, 0.15) is 5.75 Å². The van der Waals surface area contributed by atoms with E-state index < -0.39 is 0 Å². The maximum atomic E-state index is 13.1. The summed E-state index contributed by atoms with van der Waals surface area (Å²) in [5.74, 6) is 0.499. The van der Waals surface area contributed by atoms with E-state index >= 15 is 0 Å². The number of fused-ring (bicyclic) bond motifs is 1. The van der Waals surface area contributed by atoms with Crippen molar-refractivity contribution in [3.8, 4) is 5.75 Å². The van der Waals surface area contributed by atoms with Gasteiger partial charge < -0.3 is 14.8 Å². The standard InChI is InChI=1S/C22H24N4O4S/c1-2-29-18-10-4-3-9-17(18)24-19(27)14-31-22-25-20-16(8-5-11-23-20)21(28)26(22)13-15-7-6-12-30-15/h3-5,8-11,15H,2,6-7,12-14H2,1H3,(H,24,27)/t15-/m0/s1. The van der Waals surface area contributed by atoms with Crippen molar-refractivity contribution in [3.63, 3.8) is 0 Å². The van der Waals surface area contributed by atoms with Crippen LogP contribution >= 0.6 is 11.8 Å². The molecule has 0 radical (unpaired) electrons. The molecule has 0 bridgehead atoms. The first-order chi connectivity index (χ1) is 15.2. The minimum absolute atomic E-state index is 0.0279. The summed E-state index contributed by atoms with van der Waals surface area (Å²) in [4.78, 5) is 34.5. The summed E-state index contributed by atoms with van der Waals surface area (Å²) in [6.07, 6.45) is 3.45. The molecule has 1 aliphatic heterocycles. The number of carbonyl (C=O) groups excluding carboxylic acids is 1. The van der Waals surface area contributed by atoms with E-state index in [2.05, 4.69) is 15.3 Å². The monoisotopic (exact) mass is 440 g/mol. The van der Waals surface area contributed by atoms with Crippen molar-refractivity contribution in [2.45, 2.75) is 37.6 Å². The van der Waals surface area contributed by atoms with E-state index in [1.54, 1.807) is 29.0 Å². The zero-order valence-corrected chi connectivity index (χ0v) is 18.1. The Kier molecular flexibility index (Phi) is 6.83. The van der Waals surface area contributed by atoms with Crippen LogP contribution in [0.15, 0.2) is 52.5 Å². The Labute approximate surface area is 184 Å². The van der Waals surface area contributed by atoms with Crippen LogP contribution in [0, 0.1) is 0 Å². The molecule has 1 aromatic carbocycles. The average Bonchev–Trinajstić information content (AvgIpc) is 3.29. The van der Waals surface area contributed by atoms with Crippen LogP contribution < -0.4 is 15.6 Å². The summed E-state index contributed by atoms with van der Waals surface area (Å²) >= 11 is 1.21. The Morgan fingerprint density at radius 2 is 2.19 bits per heavy atom. The van der Waals surface area contributed by atoms with Crippen LogP contribution in [-0.2, 0) is 16.1 Å². The molecule has 1 saturated heterocycles. The van der Waals surface area contributed by atoms with Crippen LogP contribution in [-0.4, -0.2) is 45.5 Å². The molecule has 1 N–H and O–H groups in total. The molecule has 31 heavy (non-hydrogen) atoms. The molecule has 1 aliphatic rings. The molecule has 0 aliphatic carbocycles. The van der Waals surface area contributed by atoms with Crippen molar-refractivity contribution in [2.75, 3.05) is 24.3 Å². The number of benzene rings is 1. The quantitative estimate of drug-likeness (QED) is 0.425. The lowest BCUT2D eigenvalue weighted by molar-refractivity contribution is -0.113. The molecular formula is C22H24N4O4S. The van der Waals surface area contributed by atoms with Crippen molar-refractivity contribution in [2.24, 2.45) is 0 Å². The highest BCUT2D eigenvalue weighted by Crippen LogP contribution is 2.25. The largest absolute Gasteiger partial charge is 0.492 e. The van der Waals surface area contributed by atoms with Gasteiger partial charge in [-0.1, -0.05) is 23.9 Å². The van der Waals surface area contributed by atoms with Gasteiger partial charge in [0, 0.05) is 12.8 Å². The SMILES string of the molecule is CCOc1ccccc1NC(=O)CSc1nc2ncccc2c(=O)n1C[C@@H]1CCCO1. The third kappa shape index (κ3) is 5.05. The Morgan fingerprint density at radius 1 is 1.32 bits per heavy atom. The van der Waals surface area contributed by atoms with E-state index in [-0.39, 0.29) is 23.3 Å². The smallest absolute Gasteiger partial charge is 0.263 e. The normalized spacial score (nSPS) is 15.8. The Bertz CT molecular complexity index is 1130. The molecular weight excluding hydrogens is 416 g/mol. The van der Waals surface area contributed by atoms with Crippen molar-refractivity contribution < 1.29 is 14.3 Å². The number of aromatic nitrogens is 3. The van der Waals surface area contributed by atoms with E-state index in [1.165, 1.54) is 11.8 Å². The van der Waals surface area contributed by atoms with Crippen molar-refractivity contribution in [3.05, 3.63) is 52.9 Å². The number of ether oxygens (including phenoxy) is 2. The topological polar surface area (TPSA) is 95.3 Å². The number of pyridine rings is 1. The molecule has 4 rings (SSSR count). The molecule has 8 nitrogen and oxygen atoms in total. The highest BCUT2D eigenvalue weighted by molar-refractivity contribution is 7.99. The zero-order valence-electron chi connectivity index (χ0n) is 17.2. The van der Waals surface area contributed by atoms with Crippen LogP contribution in [0.1, 0.15) is 19.8 Å². The number of hydrogen-bond donors (Lipinski definition) is 1. The van der Waals surface area contributed by atoms with Gasteiger partial charge in [-0.2, -0.15) is 0 Å². The molecule has 0 spiro atoms. The van der Waals surface area contributed by atoms with Gasteiger partial charge in [0.15, 0.2) is 10.8 Å². The first-order valence-electron chi connectivity index (χ1n) is 10.3. The lowest BCUT2D eigenvalue weighted by Crippen LogP contribution is -2.29. The number of carbonyl (C=O) groups is 1. The molecule has 3 aromatic rings. The highest BCUT2D eigenvalue weighted by Gasteiger charge is 2.21. The second kappa shape index (κ2) is 9.93. The number of nitrogens with zero attached hydrogens (tertiary/aromatic N) is 3. The summed E-state index contributed by atoms with van der Waals surface area (Å²) in [6.45, 7) is 3.51. The van der Waals surface area contributed by atoms with Gasteiger partial charge in [-0.3, -0.25) is 14.2 Å². The molecule has 0 unspecified atom stereocenters. The Balaban J connectivity index is 1.54. The fourth-order valence-corrected chi connectivity index (χ4v) is 4.26.